The maximum absolute atomic E-state index is 12.7. The molecular formula is C21H18ClN3O6S. The van der Waals surface area contributed by atoms with E-state index < -0.39 is 28.6 Å². The molecule has 3 aromatic rings. The van der Waals surface area contributed by atoms with Crippen molar-refractivity contribution in [1.82, 2.24) is 0 Å². The quantitative estimate of drug-likeness (QED) is 0.385. The van der Waals surface area contributed by atoms with Gasteiger partial charge < -0.3 is 20.5 Å². The molecule has 0 aliphatic carbocycles. The van der Waals surface area contributed by atoms with Gasteiger partial charge in [-0.05, 0) is 48.5 Å². The van der Waals surface area contributed by atoms with Crippen LogP contribution in [0.25, 0.3) is 0 Å². The molecule has 0 bridgehead atoms. The van der Waals surface area contributed by atoms with E-state index in [1.54, 1.807) is 36.4 Å². The summed E-state index contributed by atoms with van der Waals surface area (Å²) in [6.45, 7) is -0.609. The third kappa shape index (κ3) is 6.37. The van der Waals surface area contributed by atoms with Crippen LogP contribution in [0.15, 0.2) is 77.7 Å². The SMILES string of the molecule is O=C(O)COc1ccc(S(=O)(=O)Nc2cccc(NC(=O)Nc3ccccc3)c2)cc1Cl. The first-order valence-corrected chi connectivity index (χ1v) is 11.0. The highest BCUT2D eigenvalue weighted by atomic mass is 35.5. The predicted octanol–water partition coefficient (Wildman–Crippen LogP) is 4.25. The standard InChI is InChI=1S/C21H18ClN3O6S/c22-18-12-17(9-10-19(18)31-13-20(26)27)32(29,30)25-16-8-4-7-15(11-16)24-21(28)23-14-5-2-1-3-6-14/h1-12,25H,13H2,(H,26,27)(H2,23,24,28). The predicted molar refractivity (Wildman–Crippen MR) is 121 cm³/mol. The van der Waals surface area contributed by atoms with E-state index in [1.165, 1.54) is 24.3 Å². The first-order valence-electron chi connectivity index (χ1n) is 9.13. The smallest absolute Gasteiger partial charge is 0.341 e. The number of aliphatic carboxylic acids is 1. The van der Waals surface area contributed by atoms with Crippen LogP contribution >= 0.6 is 11.6 Å². The molecule has 3 rings (SSSR count). The van der Waals surface area contributed by atoms with Crippen molar-refractivity contribution in [2.24, 2.45) is 0 Å². The molecule has 11 heteroatoms. The fraction of sp³-hybridized carbons (Fsp3) is 0.0476. The molecule has 0 fully saturated rings. The Morgan fingerprint density at radius 3 is 2.22 bits per heavy atom. The van der Waals surface area contributed by atoms with Gasteiger partial charge in [0.1, 0.15) is 5.75 Å². The second-order valence-electron chi connectivity index (χ2n) is 6.41. The monoisotopic (exact) mass is 475 g/mol. The fourth-order valence-electron chi connectivity index (χ4n) is 2.59. The molecule has 0 unspecified atom stereocenters. The second-order valence-corrected chi connectivity index (χ2v) is 8.50. The van der Waals surface area contributed by atoms with Gasteiger partial charge in [-0.3, -0.25) is 4.72 Å². The number of anilines is 3. The molecule has 0 saturated heterocycles. The lowest BCUT2D eigenvalue weighted by Gasteiger charge is -2.12. The highest BCUT2D eigenvalue weighted by Gasteiger charge is 2.17. The summed E-state index contributed by atoms with van der Waals surface area (Å²) in [5.41, 5.74) is 1.19. The Hall–Kier alpha value is -3.76. The molecule has 0 aromatic heterocycles. The van der Waals surface area contributed by atoms with E-state index in [0.717, 1.165) is 6.07 Å². The molecule has 166 valence electrons. The van der Waals surface area contributed by atoms with Crippen LogP contribution in [0, 0.1) is 0 Å². The fourth-order valence-corrected chi connectivity index (χ4v) is 3.97. The van der Waals surface area contributed by atoms with Gasteiger partial charge in [-0.15, -0.1) is 0 Å². The van der Waals surface area contributed by atoms with Gasteiger partial charge >= 0.3 is 12.0 Å². The number of carboxylic acids is 1. The van der Waals surface area contributed by atoms with Gasteiger partial charge in [0.15, 0.2) is 6.61 Å². The van der Waals surface area contributed by atoms with Crippen molar-refractivity contribution >= 4 is 50.7 Å². The number of carboxylic acid groups (broad SMARTS) is 1. The van der Waals surface area contributed by atoms with Crippen molar-refractivity contribution in [2.75, 3.05) is 22.0 Å². The highest BCUT2D eigenvalue weighted by molar-refractivity contribution is 7.92. The zero-order chi connectivity index (χ0) is 23.1. The first-order chi connectivity index (χ1) is 15.2. The van der Waals surface area contributed by atoms with Gasteiger partial charge in [-0.1, -0.05) is 35.9 Å². The van der Waals surface area contributed by atoms with Crippen LogP contribution in [0.4, 0.5) is 21.9 Å². The molecule has 2 amide bonds. The minimum absolute atomic E-state index is 0.0450. The molecule has 9 nitrogen and oxygen atoms in total. The van der Waals surface area contributed by atoms with Gasteiger partial charge in [0.25, 0.3) is 10.0 Å². The molecule has 0 heterocycles. The van der Waals surface area contributed by atoms with E-state index in [2.05, 4.69) is 15.4 Å². The minimum Gasteiger partial charge on any atom is -0.480 e. The van der Waals surface area contributed by atoms with E-state index in [-0.39, 0.29) is 21.4 Å². The van der Waals surface area contributed by atoms with E-state index in [1.807, 2.05) is 6.07 Å². The van der Waals surface area contributed by atoms with Crippen molar-refractivity contribution in [2.45, 2.75) is 4.90 Å². The number of ether oxygens (including phenoxy) is 1. The van der Waals surface area contributed by atoms with Crippen molar-refractivity contribution in [1.29, 1.82) is 0 Å². The number of hydrogen-bond acceptors (Lipinski definition) is 5. The van der Waals surface area contributed by atoms with Gasteiger partial charge in [0.05, 0.1) is 15.6 Å². The number of urea groups is 1. The second kappa shape index (κ2) is 10.0. The summed E-state index contributed by atoms with van der Waals surface area (Å²) in [5.74, 6) is -1.14. The maximum Gasteiger partial charge on any atom is 0.341 e. The van der Waals surface area contributed by atoms with Crippen LogP contribution in [0.1, 0.15) is 0 Å². The Morgan fingerprint density at radius 1 is 0.875 bits per heavy atom. The number of carbonyl (C=O) groups excluding carboxylic acids is 1. The summed E-state index contributed by atoms with van der Waals surface area (Å²) in [7, 11) is -4.01. The van der Waals surface area contributed by atoms with Crippen molar-refractivity contribution in [3.05, 3.63) is 77.8 Å². The van der Waals surface area contributed by atoms with E-state index in [9.17, 15) is 18.0 Å². The molecule has 0 radical (unpaired) electrons. The number of sulfonamides is 1. The molecule has 3 aromatic carbocycles. The number of para-hydroxylation sites is 1. The summed E-state index contributed by atoms with van der Waals surface area (Å²) in [6, 6.07) is 18.2. The van der Waals surface area contributed by atoms with E-state index in [4.69, 9.17) is 21.4 Å². The molecule has 0 spiro atoms. The molecule has 0 aliphatic rings. The van der Waals surface area contributed by atoms with Crippen molar-refractivity contribution in [3.8, 4) is 5.75 Å². The number of benzene rings is 3. The topological polar surface area (TPSA) is 134 Å². The van der Waals surface area contributed by atoms with Crippen LogP contribution in [-0.4, -0.2) is 32.1 Å². The van der Waals surface area contributed by atoms with Crippen LogP contribution in [-0.2, 0) is 14.8 Å². The number of rotatable bonds is 8. The lowest BCUT2D eigenvalue weighted by Crippen LogP contribution is -2.19. The third-order valence-corrected chi connectivity index (χ3v) is 5.64. The summed E-state index contributed by atoms with van der Waals surface area (Å²) >= 11 is 6.01. The number of nitrogens with one attached hydrogen (secondary N) is 3. The molecule has 32 heavy (non-hydrogen) atoms. The number of hydrogen-bond donors (Lipinski definition) is 4. The average Bonchev–Trinajstić information content (AvgIpc) is 2.73. The Labute approximate surface area is 189 Å². The van der Waals surface area contributed by atoms with Crippen LogP contribution < -0.4 is 20.1 Å². The Kier molecular flexibility index (Phi) is 7.18. The van der Waals surface area contributed by atoms with Gasteiger partial charge in [0, 0.05) is 11.4 Å². The van der Waals surface area contributed by atoms with Gasteiger partial charge in [-0.25, -0.2) is 18.0 Å². The lowest BCUT2D eigenvalue weighted by atomic mass is 10.3. The van der Waals surface area contributed by atoms with Crippen LogP contribution in [0.2, 0.25) is 5.02 Å². The summed E-state index contributed by atoms with van der Waals surface area (Å²) < 4.78 is 32.8. The normalized spacial score (nSPS) is 10.8. The number of halogens is 1. The molecule has 4 N–H and O–H groups in total. The molecule has 0 atom stereocenters. The van der Waals surface area contributed by atoms with E-state index in [0.29, 0.717) is 11.4 Å². The number of amides is 2. The van der Waals surface area contributed by atoms with Crippen molar-refractivity contribution < 1.29 is 27.9 Å². The average molecular weight is 476 g/mol. The largest absolute Gasteiger partial charge is 0.480 e. The Morgan fingerprint density at radius 2 is 1.53 bits per heavy atom. The van der Waals surface area contributed by atoms with Crippen molar-refractivity contribution in [3.63, 3.8) is 0 Å². The third-order valence-electron chi connectivity index (χ3n) is 3.97. The van der Waals surface area contributed by atoms with Crippen LogP contribution in [0.3, 0.4) is 0 Å². The Balaban J connectivity index is 1.69. The summed E-state index contributed by atoms with van der Waals surface area (Å²) in [6.07, 6.45) is 0. The summed E-state index contributed by atoms with van der Waals surface area (Å²) in [5, 5.41) is 13.9. The first kappa shape index (κ1) is 22.9. The molecule has 0 aliphatic heterocycles. The Bertz CT molecular complexity index is 1240. The molecular weight excluding hydrogens is 458 g/mol. The zero-order valence-electron chi connectivity index (χ0n) is 16.4. The van der Waals surface area contributed by atoms with Gasteiger partial charge in [-0.2, -0.15) is 0 Å². The summed E-state index contributed by atoms with van der Waals surface area (Å²) in [4.78, 5) is 22.6. The lowest BCUT2D eigenvalue weighted by molar-refractivity contribution is -0.139. The maximum atomic E-state index is 12.7. The highest BCUT2D eigenvalue weighted by Crippen LogP contribution is 2.28. The minimum atomic E-state index is -4.01. The van der Waals surface area contributed by atoms with Crippen LogP contribution in [0.5, 0.6) is 5.75 Å². The zero-order valence-corrected chi connectivity index (χ0v) is 18.0. The number of carbonyl (C=O) groups is 2. The van der Waals surface area contributed by atoms with Gasteiger partial charge in [0.2, 0.25) is 0 Å². The van der Waals surface area contributed by atoms with E-state index >= 15 is 0 Å². The molecule has 0 saturated carbocycles.